The smallest absolute Gasteiger partial charge is 0.254 e. The second-order valence-electron chi connectivity index (χ2n) is 8.32. The van der Waals surface area contributed by atoms with Gasteiger partial charge in [0.2, 0.25) is 5.95 Å². The number of aromatic nitrogens is 2. The van der Waals surface area contributed by atoms with Crippen molar-refractivity contribution in [3.8, 4) is 11.5 Å². The van der Waals surface area contributed by atoms with E-state index in [9.17, 15) is 4.79 Å². The van der Waals surface area contributed by atoms with E-state index in [0.29, 0.717) is 67.5 Å². The lowest BCUT2D eigenvalue weighted by Crippen LogP contribution is -2.63. The Labute approximate surface area is 175 Å². The Morgan fingerprint density at radius 2 is 1.83 bits per heavy atom. The lowest BCUT2D eigenvalue weighted by molar-refractivity contribution is -0.200. The Kier molecular flexibility index (Phi) is 4.57. The summed E-state index contributed by atoms with van der Waals surface area (Å²) in [5, 5.41) is 0.721. The molecule has 0 atom stereocenters. The molecular weight excluding hydrogens is 386 g/mol. The van der Waals surface area contributed by atoms with E-state index in [1.54, 1.807) is 20.3 Å². The monoisotopic (exact) mass is 413 g/mol. The molecule has 160 valence electrons. The third kappa shape index (κ3) is 2.99. The van der Waals surface area contributed by atoms with Crippen molar-refractivity contribution in [2.45, 2.75) is 24.9 Å². The molecule has 2 bridgehead atoms. The third-order valence-corrected chi connectivity index (χ3v) is 6.60. The van der Waals surface area contributed by atoms with Gasteiger partial charge in [0.05, 0.1) is 19.7 Å². The fourth-order valence-corrected chi connectivity index (χ4v) is 4.86. The molecule has 4 heterocycles. The van der Waals surface area contributed by atoms with Crippen LogP contribution >= 0.6 is 0 Å². The topological polar surface area (TPSA) is 103 Å². The summed E-state index contributed by atoms with van der Waals surface area (Å²) >= 11 is 0. The fraction of sp³-hybridized carbons (Fsp3) is 0.571. The maximum absolute atomic E-state index is 13.0. The van der Waals surface area contributed by atoms with Gasteiger partial charge < -0.3 is 29.7 Å². The summed E-state index contributed by atoms with van der Waals surface area (Å²) < 4.78 is 16.6. The first kappa shape index (κ1) is 19.2. The lowest BCUT2D eigenvalue weighted by Gasteiger charge is -2.52. The molecule has 6 rings (SSSR count). The average Bonchev–Trinajstić information content (AvgIpc) is 2.77. The van der Waals surface area contributed by atoms with Gasteiger partial charge in [-0.1, -0.05) is 0 Å². The van der Waals surface area contributed by atoms with E-state index in [0.717, 1.165) is 24.6 Å². The average molecular weight is 413 g/mol. The molecule has 30 heavy (non-hydrogen) atoms. The van der Waals surface area contributed by atoms with Crippen LogP contribution in [0.3, 0.4) is 0 Å². The van der Waals surface area contributed by atoms with Gasteiger partial charge >= 0.3 is 0 Å². The minimum Gasteiger partial charge on any atom is -0.493 e. The number of hydrogen-bond donors (Lipinski definition) is 1. The molecule has 9 heteroatoms. The largest absolute Gasteiger partial charge is 0.493 e. The van der Waals surface area contributed by atoms with Crippen molar-refractivity contribution in [1.29, 1.82) is 0 Å². The highest BCUT2D eigenvalue weighted by Gasteiger charge is 2.55. The number of carbonyl (C=O) groups is 1. The first-order chi connectivity index (χ1) is 14.5. The molecule has 1 aliphatic carbocycles. The van der Waals surface area contributed by atoms with Crippen molar-refractivity contribution in [3.63, 3.8) is 0 Å². The summed E-state index contributed by atoms with van der Waals surface area (Å²) in [6.45, 7) is 3.27. The van der Waals surface area contributed by atoms with E-state index in [4.69, 9.17) is 24.9 Å². The van der Waals surface area contributed by atoms with Gasteiger partial charge in [-0.3, -0.25) is 4.79 Å². The second-order valence-corrected chi connectivity index (χ2v) is 8.32. The van der Waals surface area contributed by atoms with Crippen LogP contribution in [0.4, 0.5) is 11.8 Å². The van der Waals surface area contributed by atoms with Crippen molar-refractivity contribution in [2.75, 3.05) is 57.6 Å². The highest BCUT2D eigenvalue weighted by atomic mass is 16.5. The van der Waals surface area contributed by atoms with Crippen molar-refractivity contribution in [3.05, 3.63) is 12.1 Å². The zero-order valence-corrected chi connectivity index (χ0v) is 17.4. The van der Waals surface area contributed by atoms with Crippen LogP contribution < -0.4 is 20.1 Å². The highest BCUT2D eigenvalue weighted by Crippen LogP contribution is 2.48. The SMILES string of the molecule is COc1cc2nc(N3CCN(C(=O)C45CC(CCO4)C5)CC3)nc(N)c2cc1OC. The predicted octanol–water partition coefficient (Wildman–Crippen LogP) is 1.45. The van der Waals surface area contributed by atoms with Crippen LogP contribution in [-0.4, -0.2) is 73.4 Å². The zero-order chi connectivity index (χ0) is 20.9. The molecule has 4 fully saturated rings. The Balaban J connectivity index is 1.32. The van der Waals surface area contributed by atoms with Crippen molar-refractivity contribution in [2.24, 2.45) is 5.92 Å². The zero-order valence-electron chi connectivity index (χ0n) is 17.4. The normalized spacial score (nSPS) is 25.7. The number of piperazine rings is 1. The van der Waals surface area contributed by atoms with Crippen molar-refractivity contribution >= 4 is 28.6 Å². The molecule has 1 amide bonds. The fourth-order valence-electron chi connectivity index (χ4n) is 4.86. The third-order valence-electron chi connectivity index (χ3n) is 6.60. The molecule has 1 aromatic heterocycles. The number of benzene rings is 1. The number of rotatable bonds is 4. The standard InChI is InChI=1S/C21H27N5O4/c1-28-16-9-14-15(10-17(16)29-2)23-20(24-18(14)22)26-6-4-25(5-7-26)19(27)21-11-13(12-21)3-8-30-21/h9-10,13H,3-8,11-12H2,1-2H3,(H2,22,23,24). The van der Waals surface area contributed by atoms with Gasteiger partial charge in [-0.25, -0.2) is 4.98 Å². The van der Waals surface area contributed by atoms with Gasteiger partial charge in [0.25, 0.3) is 5.91 Å². The highest BCUT2D eigenvalue weighted by molar-refractivity contribution is 5.92. The molecular formula is C21H27N5O4. The summed E-state index contributed by atoms with van der Waals surface area (Å²) in [6.07, 6.45) is 2.84. The van der Waals surface area contributed by atoms with Crippen molar-refractivity contribution in [1.82, 2.24) is 14.9 Å². The van der Waals surface area contributed by atoms with Crippen molar-refractivity contribution < 1.29 is 19.0 Å². The molecule has 1 aromatic carbocycles. The van der Waals surface area contributed by atoms with Gasteiger partial charge in [0, 0.05) is 44.2 Å². The number of amides is 1. The summed E-state index contributed by atoms with van der Waals surface area (Å²) in [4.78, 5) is 26.2. The van der Waals surface area contributed by atoms with Gasteiger partial charge in [-0.2, -0.15) is 4.98 Å². The van der Waals surface area contributed by atoms with Gasteiger partial charge in [-0.05, 0) is 31.2 Å². The van der Waals surface area contributed by atoms with E-state index in [2.05, 4.69) is 9.88 Å². The number of hydrogen-bond acceptors (Lipinski definition) is 8. The molecule has 0 spiro atoms. The second kappa shape index (κ2) is 7.16. The maximum atomic E-state index is 13.0. The minimum atomic E-state index is -0.551. The number of methoxy groups -OCH3 is 2. The Bertz CT molecular complexity index is 978. The van der Waals surface area contributed by atoms with Crippen LogP contribution in [0, 0.1) is 5.92 Å². The molecule has 3 aliphatic heterocycles. The number of nitrogens with zero attached hydrogens (tertiary/aromatic N) is 4. The van der Waals surface area contributed by atoms with E-state index in [-0.39, 0.29) is 5.91 Å². The number of ether oxygens (including phenoxy) is 3. The quantitative estimate of drug-likeness (QED) is 0.803. The predicted molar refractivity (Wildman–Crippen MR) is 112 cm³/mol. The maximum Gasteiger partial charge on any atom is 0.254 e. The van der Waals surface area contributed by atoms with Crippen LogP contribution in [0.25, 0.3) is 10.9 Å². The van der Waals surface area contributed by atoms with Crippen LogP contribution in [0.2, 0.25) is 0 Å². The Hall–Kier alpha value is -2.81. The van der Waals surface area contributed by atoms with Crippen LogP contribution in [0.1, 0.15) is 19.3 Å². The molecule has 3 saturated heterocycles. The van der Waals surface area contributed by atoms with E-state index >= 15 is 0 Å². The number of anilines is 2. The first-order valence-electron chi connectivity index (χ1n) is 10.4. The summed E-state index contributed by atoms with van der Waals surface area (Å²) in [5.74, 6) is 2.94. The number of nitrogen functional groups attached to an aromatic ring is 1. The summed E-state index contributed by atoms with van der Waals surface area (Å²) in [6, 6.07) is 3.60. The lowest BCUT2D eigenvalue weighted by atomic mass is 9.66. The molecule has 2 aromatic rings. The Morgan fingerprint density at radius 3 is 2.47 bits per heavy atom. The number of fused-ring (bicyclic) bond motifs is 3. The van der Waals surface area contributed by atoms with E-state index in [1.165, 1.54) is 0 Å². The van der Waals surface area contributed by atoms with Gasteiger partial charge in [0.1, 0.15) is 11.4 Å². The molecule has 0 radical (unpaired) electrons. The molecule has 4 aliphatic rings. The van der Waals surface area contributed by atoms with Crippen LogP contribution in [0.5, 0.6) is 11.5 Å². The molecule has 2 N–H and O–H groups in total. The van der Waals surface area contributed by atoms with E-state index in [1.807, 2.05) is 11.0 Å². The van der Waals surface area contributed by atoms with Gasteiger partial charge in [0.15, 0.2) is 11.5 Å². The van der Waals surface area contributed by atoms with Gasteiger partial charge in [-0.15, -0.1) is 0 Å². The van der Waals surface area contributed by atoms with Crippen LogP contribution in [0.15, 0.2) is 12.1 Å². The number of nitrogens with two attached hydrogens (primary N) is 1. The van der Waals surface area contributed by atoms with Crippen LogP contribution in [-0.2, 0) is 9.53 Å². The molecule has 0 unspecified atom stereocenters. The van der Waals surface area contributed by atoms with E-state index < -0.39 is 5.60 Å². The summed E-state index contributed by atoms with van der Waals surface area (Å²) in [5.41, 5.74) is 6.37. The first-order valence-corrected chi connectivity index (χ1v) is 10.4. The number of carbonyl (C=O) groups excluding carboxylic acids is 1. The minimum absolute atomic E-state index is 0.147. The molecule has 1 saturated carbocycles. The molecule has 9 nitrogen and oxygen atoms in total. The Morgan fingerprint density at radius 1 is 1.13 bits per heavy atom. The summed E-state index contributed by atoms with van der Waals surface area (Å²) in [7, 11) is 3.17.